The van der Waals surface area contributed by atoms with Crippen molar-refractivity contribution in [2.24, 2.45) is 10.9 Å². The van der Waals surface area contributed by atoms with Crippen LogP contribution in [0.1, 0.15) is 12.5 Å². The molecule has 1 amide bonds. The lowest BCUT2D eigenvalue weighted by Gasteiger charge is -2.37. The molecule has 0 saturated carbocycles. The zero-order valence-electron chi connectivity index (χ0n) is 11.5. The number of amidine groups is 1. The number of carbonyl (C=O) groups is 1. The fourth-order valence-corrected chi connectivity index (χ4v) is 2.98. The molecule has 1 aromatic heterocycles. The lowest BCUT2D eigenvalue weighted by Crippen LogP contribution is -2.54. The zero-order chi connectivity index (χ0) is 14.5. The van der Waals surface area contributed by atoms with Gasteiger partial charge < -0.3 is 15.8 Å². The van der Waals surface area contributed by atoms with E-state index in [1.54, 1.807) is 11.3 Å². The van der Waals surface area contributed by atoms with Gasteiger partial charge in [0.25, 0.3) is 0 Å². The molecule has 0 aliphatic carbocycles. The van der Waals surface area contributed by atoms with Crippen LogP contribution in [-0.2, 0) is 11.2 Å². The van der Waals surface area contributed by atoms with Gasteiger partial charge in [-0.05, 0) is 29.3 Å². The molecule has 1 aliphatic heterocycles. The van der Waals surface area contributed by atoms with Crippen LogP contribution in [-0.4, -0.2) is 59.0 Å². The average molecular weight is 296 g/mol. The van der Waals surface area contributed by atoms with Gasteiger partial charge in [0.15, 0.2) is 5.84 Å². The van der Waals surface area contributed by atoms with Gasteiger partial charge in [0, 0.05) is 26.2 Å². The van der Waals surface area contributed by atoms with E-state index in [-0.39, 0.29) is 17.8 Å². The maximum atomic E-state index is 12.2. The molecule has 1 fully saturated rings. The summed E-state index contributed by atoms with van der Waals surface area (Å²) in [6, 6.07) is 1.88. The van der Waals surface area contributed by atoms with Crippen molar-refractivity contribution >= 4 is 23.1 Å². The number of oxime groups is 1. The molecule has 1 aliphatic rings. The molecule has 6 nitrogen and oxygen atoms in total. The predicted molar refractivity (Wildman–Crippen MR) is 79.0 cm³/mol. The highest BCUT2D eigenvalue weighted by atomic mass is 32.1. The second-order valence-electron chi connectivity index (χ2n) is 4.93. The number of hydrogen-bond acceptors (Lipinski definition) is 5. The Hall–Kier alpha value is -1.60. The van der Waals surface area contributed by atoms with Crippen molar-refractivity contribution in [3.05, 3.63) is 22.4 Å². The quantitative estimate of drug-likeness (QED) is 0.368. The van der Waals surface area contributed by atoms with Crippen LogP contribution in [0.4, 0.5) is 0 Å². The van der Waals surface area contributed by atoms with Crippen LogP contribution in [0.25, 0.3) is 0 Å². The summed E-state index contributed by atoms with van der Waals surface area (Å²) in [6.07, 6.45) is 0.472. The van der Waals surface area contributed by atoms with Crippen LogP contribution in [0.15, 0.2) is 22.0 Å². The number of nitrogens with two attached hydrogens (primary N) is 1. The van der Waals surface area contributed by atoms with Crippen molar-refractivity contribution in [3.63, 3.8) is 0 Å². The first-order chi connectivity index (χ1) is 9.61. The molecule has 0 aromatic carbocycles. The summed E-state index contributed by atoms with van der Waals surface area (Å²) in [7, 11) is 0. The Bertz CT molecular complexity index is 467. The van der Waals surface area contributed by atoms with Crippen molar-refractivity contribution in [1.82, 2.24) is 9.80 Å². The Balaban J connectivity index is 1.83. The van der Waals surface area contributed by atoms with Crippen molar-refractivity contribution < 1.29 is 10.0 Å². The molecule has 2 rings (SSSR count). The third-order valence-electron chi connectivity index (χ3n) is 3.69. The lowest BCUT2D eigenvalue weighted by atomic mass is 10.2. The van der Waals surface area contributed by atoms with Gasteiger partial charge in [0.1, 0.15) is 0 Å². The first-order valence-corrected chi connectivity index (χ1v) is 7.56. The van der Waals surface area contributed by atoms with Gasteiger partial charge in [-0.15, -0.1) is 0 Å². The SMILES string of the molecule is CC(C(N)=NO)N1CCN(C(=O)Cc2ccsc2)CC1. The van der Waals surface area contributed by atoms with Crippen LogP contribution in [0.3, 0.4) is 0 Å². The van der Waals surface area contributed by atoms with E-state index in [1.807, 2.05) is 28.7 Å². The number of amides is 1. The summed E-state index contributed by atoms with van der Waals surface area (Å²) in [6.45, 7) is 4.76. The number of carbonyl (C=O) groups excluding carboxylic acids is 1. The highest BCUT2D eigenvalue weighted by Gasteiger charge is 2.25. The van der Waals surface area contributed by atoms with Crippen LogP contribution in [0, 0.1) is 0 Å². The van der Waals surface area contributed by atoms with E-state index in [0.29, 0.717) is 19.5 Å². The number of hydrogen-bond donors (Lipinski definition) is 2. The summed E-state index contributed by atoms with van der Waals surface area (Å²) in [5, 5.41) is 15.7. The summed E-state index contributed by atoms with van der Waals surface area (Å²) in [5.41, 5.74) is 6.69. The fraction of sp³-hybridized carbons (Fsp3) is 0.538. The number of rotatable bonds is 4. The molecule has 0 radical (unpaired) electrons. The highest BCUT2D eigenvalue weighted by Crippen LogP contribution is 2.11. The molecule has 1 aromatic rings. The van der Waals surface area contributed by atoms with E-state index in [0.717, 1.165) is 18.7 Å². The van der Waals surface area contributed by atoms with Gasteiger partial charge in [-0.1, -0.05) is 5.16 Å². The maximum Gasteiger partial charge on any atom is 0.227 e. The van der Waals surface area contributed by atoms with Gasteiger partial charge >= 0.3 is 0 Å². The van der Waals surface area contributed by atoms with Gasteiger partial charge in [0.2, 0.25) is 5.91 Å². The number of thiophene rings is 1. The van der Waals surface area contributed by atoms with Crippen LogP contribution < -0.4 is 5.73 Å². The molecule has 3 N–H and O–H groups in total. The average Bonchev–Trinajstić information content (AvgIpc) is 2.98. The van der Waals surface area contributed by atoms with E-state index in [4.69, 9.17) is 10.9 Å². The lowest BCUT2D eigenvalue weighted by molar-refractivity contribution is -0.132. The molecule has 0 bridgehead atoms. The Kier molecular flexibility index (Phi) is 4.97. The molecular formula is C13H20N4O2S. The summed E-state index contributed by atoms with van der Waals surface area (Å²) in [4.78, 5) is 16.2. The Labute approximate surface area is 122 Å². The molecule has 7 heteroatoms. The second kappa shape index (κ2) is 6.71. The number of piperazine rings is 1. The zero-order valence-corrected chi connectivity index (χ0v) is 12.3. The first kappa shape index (κ1) is 14.8. The van der Waals surface area contributed by atoms with E-state index >= 15 is 0 Å². The summed E-state index contributed by atoms with van der Waals surface area (Å²) in [5.74, 6) is 0.377. The van der Waals surface area contributed by atoms with Crippen LogP contribution in [0.2, 0.25) is 0 Å². The molecule has 0 spiro atoms. The minimum absolute atomic E-state index is 0.103. The van der Waals surface area contributed by atoms with Crippen LogP contribution in [0.5, 0.6) is 0 Å². The third kappa shape index (κ3) is 3.49. The fourth-order valence-electron chi connectivity index (χ4n) is 2.31. The van der Waals surface area contributed by atoms with E-state index < -0.39 is 0 Å². The smallest absolute Gasteiger partial charge is 0.227 e. The molecular weight excluding hydrogens is 276 g/mol. The van der Waals surface area contributed by atoms with Gasteiger partial charge in [0.05, 0.1) is 12.5 Å². The topological polar surface area (TPSA) is 82.2 Å². The molecule has 20 heavy (non-hydrogen) atoms. The summed E-state index contributed by atoms with van der Waals surface area (Å²) < 4.78 is 0. The van der Waals surface area contributed by atoms with Gasteiger partial charge in [-0.2, -0.15) is 11.3 Å². The molecule has 110 valence electrons. The third-order valence-corrected chi connectivity index (χ3v) is 4.43. The molecule has 2 heterocycles. The van der Waals surface area contributed by atoms with Crippen molar-refractivity contribution in [2.75, 3.05) is 26.2 Å². The predicted octanol–water partition coefficient (Wildman–Crippen LogP) is 0.570. The van der Waals surface area contributed by atoms with Crippen molar-refractivity contribution in [2.45, 2.75) is 19.4 Å². The Morgan fingerprint density at radius 1 is 1.50 bits per heavy atom. The maximum absolute atomic E-state index is 12.2. The van der Waals surface area contributed by atoms with Crippen LogP contribution >= 0.6 is 11.3 Å². The normalized spacial score (nSPS) is 19.1. The van der Waals surface area contributed by atoms with Crippen molar-refractivity contribution in [3.8, 4) is 0 Å². The highest BCUT2D eigenvalue weighted by molar-refractivity contribution is 7.07. The monoisotopic (exact) mass is 296 g/mol. The number of nitrogens with zero attached hydrogens (tertiary/aromatic N) is 3. The minimum atomic E-state index is -0.103. The van der Waals surface area contributed by atoms with Gasteiger partial charge in [-0.25, -0.2) is 0 Å². The molecule has 1 saturated heterocycles. The molecule has 1 atom stereocenters. The van der Waals surface area contributed by atoms with Gasteiger partial charge in [-0.3, -0.25) is 9.69 Å². The standard InChI is InChI=1S/C13H20N4O2S/c1-10(13(14)15-19)16-3-5-17(6-4-16)12(18)8-11-2-7-20-9-11/h2,7,9-10,19H,3-6,8H2,1H3,(H2,14,15). The largest absolute Gasteiger partial charge is 0.409 e. The second-order valence-corrected chi connectivity index (χ2v) is 5.71. The van der Waals surface area contributed by atoms with Crippen molar-refractivity contribution in [1.29, 1.82) is 0 Å². The Morgan fingerprint density at radius 2 is 2.20 bits per heavy atom. The van der Waals surface area contributed by atoms with E-state index in [1.165, 1.54) is 0 Å². The molecule has 1 unspecified atom stereocenters. The van der Waals surface area contributed by atoms with E-state index in [9.17, 15) is 4.79 Å². The summed E-state index contributed by atoms with van der Waals surface area (Å²) >= 11 is 1.61. The van der Waals surface area contributed by atoms with E-state index in [2.05, 4.69) is 10.1 Å². The first-order valence-electron chi connectivity index (χ1n) is 6.62. The Morgan fingerprint density at radius 3 is 2.75 bits per heavy atom. The minimum Gasteiger partial charge on any atom is -0.409 e.